The minimum atomic E-state index is -4.08. The number of rotatable bonds is 12. The largest absolute Gasteiger partial charge is 1.00 e. The summed E-state index contributed by atoms with van der Waals surface area (Å²) >= 11 is 0. The van der Waals surface area contributed by atoms with Crippen molar-refractivity contribution in [2.75, 3.05) is 41.1 Å². The Balaban J connectivity index is -0.000000289. The zero-order valence-corrected chi connectivity index (χ0v) is 33.3. The summed E-state index contributed by atoms with van der Waals surface area (Å²) in [5, 5.41) is 0. The van der Waals surface area contributed by atoms with E-state index in [0.29, 0.717) is 19.8 Å². The predicted octanol–water partition coefficient (Wildman–Crippen LogP) is -7.79. The van der Waals surface area contributed by atoms with Crippen LogP contribution >= 0.6 is 0 Å². The maximum Gasteiger partial charge on any atom is 1.00 e. The van der Waals surface area contributed by atoms with Gasteiger partial charge in [0.2, 0.25) is 0 Å². The van der Waals surface area contributed by atoms with Gasteiger partial charge in [0.25, 0.3) is 20.2 Å². The normalized spacial score (nSPS) is 10.8. The molecule has 0 atom stereocenters. The van der Waals surface area contributed by atoms with Crippen molar-refractivity contribution in [1.82, 2.24) is 0 Å². The first-order valence-electron chi connectivity index (χ1n) is 10.8. The standard InChI is InChI=1S/C23H34N2O6S2.4Na.4H/c1-18-11-19(2)14-22(13-18)24(7-5-9-32(26,27)28)17-25(8-6-10-33(29,30)31)23-15-20(3)12-21(4)16-23;;;;;;;;/h11-16H,5-10,17H2,1-4H3,(H,26,27,28)(H,29,30,31);;;;;;;;/q;4*+1;4*-1. The van der Waals surface area contributed by atoms with Crippen LogP contribution in [-0.2, 0) is 20.2 Å². The van der Waals surface area contributed by atoms with Crippen LogP contribution in [0.15, 0.2) is 36.4 Å². The smallest absolute Gasteiger partial charge is 1.00 e. The van der Waals surface area contributed by atoms with Gasteiger partial charge in [0, 0.05) is 24.5 Å². The second-order valence-corrected chi connectivity index (χ2v) is 11.8. The second-order valence-electron chi connectivity index (χ2n) is 8.64. The molecule has 2 N–H and O–H groups in total. The van der Waals surface area contributed by atoms with Gasteiger partial charge in [-0.1, -0.05) is 12.1 Å². The van der Waals surface area contributed by atoms with Crippen molar-refractivity contribution in [2.24, 2.45) is 0 Å². The van der Waals surface area contributed by atoms with Gasteiger partial charge >= 0.3 is 118 Å². The summed E-state index contributed by atoms with van der Waals surface area (Å²) in [7, 11) is -8.15. The van der Waals surface area contributed by atoms with Crippen molar-refractivity contribution < 1.29 is 150 Å². The van der Waals surface area contributed by atoms with E-state index in [1.165, 1.54) is 0 Å². The van der Waals surface area contributed by atoms with E-state index in [-0.39, 0.29) is 148 Å². The molecule has 14 heteroatoms. The van der Waals surface area contributed by atoms with Gasteiger partial charge in [0.1, 0.15) is 0 Å². The van der Waals surface area contributed by atoms with Crippen molar-refractivity contribution in [1.29, 1.82) is 0 Å². The molecule has 0 heterocycles. The third kappa shape index (κ3) is 18.1. The van der Waals surface area contributed by atoms with E-state index in [9.17, 15) is 16.8 Å². The van der Waals surface area contributed by atoms with E-state index in [0.717, 1.165) is 33.6 Å². The van der Waals surface area contributed by atoms with Gasteiger partial charge in [-0.3, -0.25) is 9.11 Å². The van der Waals surface area contributed by atoms with E-state index < -0.39 is 20.2 Å². The first-order chi connectivity index (χ1) is 15.2. The third-order valence-electron chi connectivity index (χ3n) is 5.15. The molecule has 2 aromatic rings. The molecule has 0 fully saturated rings. The number of benzene rings is 2. The molecule has 37 heavy (non-hydrogen) atoms. The molecule has 0 aliphatic rings. The molecular weight excluding hydrogens is 556 g/mol. The molecule has 192 valence electrons. The van der Waals surface area contributed by atoms with Gasteiger partial charge < -0.3 is 15.5 Å². The molecule has 0 aromatic heterocycles. The third-order valence-corrected chi connectivity index (χ3v) is 6.75. The quantitative estimate of drug-likeness (QED) is 0.142. The summed E-state index contributed by atoms with van der Waals surface area (Å²) in [6.45, 7) is 9.08. The summed E-state index contributed by atoms with van der Waals surface area (Å²) in [6.07, 6.45) is 0.467. The van der Waals surface area contributed by atoms with Gasteiger partial charge in [-0.2, -0.15) is 16.8 Å². The maximum absolute atomic E-state index is 11.3. The van der Waals surface area contributed by atoms with Crippen LogP contribution in [0.25, 0.3) is 0 Å². The SMILES string of the molecule is Cc1cc(C)cc(N(CCCS(=O)(=O)O)CN(CCCS(=O)(=O)O)c2cc(C)cc(C)c2)c1.[H-].[H-].[H-].[H-].[Na+].[Na+].[Na+].[Na+]. The Morgan fingerprint density at radius 2 is 0.865 bits per heavy atom. The first-order valence-corrected chi connectivity index (χ1v) is 14.0. The van der Waals surface area contributed by atoms with E-state index in [1.54, 1.807) is 0 Å². The fraction of sp³-hybridized carbons (Fsp3) is 0.478. The van der Waals surface area contributed by atoms with Crippen LogP contribution in [0.4, 0.5) is 11.4 Å². The van der Waals surface area contributed by atoms with Gasteiger partial charge in [-0.25, -0.2) is 0 Å². The Morgan fingerprint density at radius 3 is 1.11 bits per heavy atom. The molecular formula is C23H38N2Na4O6S2. The topological polar surface area (TPSA) is 115 Å². The molecule has 2 rings (SSSR count). The molecule has 0 saturated heterocycles. The molecule has 0 bridgehead atoms. The number of anilines is 2. The Bertz CT molecular complexity index is 1070. The maximum atomic E-state index is 11.3. The van der Waals surface area contributed by atoms with Crippen LogP contribution in [0.2, 0.25) is 0 Å². The van der Waals surface area contributed by atoms with Gasteiger partial charge in [-0.05, 0) is 87.1 Å². The second kappa shape index (κ2) is 19.9. The van der Waals surface area contributed by atoms with Crippen molar-refractivity contribution >= 4 is 31.6 Å². The number of hydrogen-bond donors (Lipinski definition) is 2. The Kier molecular flexibility index (Phi) is 23.3. The zero-order valence-electron chi connectivity index (χ0n) is 27.7. The molecule has 8 nitrogen and oxygen atoms in total. The molecule has 0 saturated carbocycles. The van der Waals surface area contributed by atoms with Crippen molar-refractivity contribution in [2.45, 2.75) is 40.5 Å². The first kappa shape index (κ1) is 43.3. The predicted molar refractivity (Wildman–Crippen MR) is 138 cm³/mol. The van der Waals surface area contributed by atoms with Crippen LogP contribution < -0.4 is 128 Å². The van der Waals surface area contributed by atoms with Crippen molar-refractivity contribution in [3.63, 3.8) is 0 Å². The molecule has 0 unspecified atom stereocenters. The van der Waals surface area contributed by atoms with Crippen LogP contribution in [0, 0.1) is 27.7 Å². The van der Waals surface area contributed by atoms with Crippen molar-refractivity contribution in [3.8, 4) is 0 Å². The van der Waals surface area contributed by atoms with Crippen molar-refractivity contribution in [3.05, 3.63) is 58.7 Å². The van der Waals surface area contributed by atoms with Gasteiger partial charge in [0.05, 0.1) is 18.2 Å². The summed E-state index contributed by atoms with van der Waals surface area (Å²) in [5.41, 5.74) is 6.07. The average Bonchev–Trinajstić information content (AvgIpc) is 2.62. The number of hydrogen-bond acceptors (Lipinski definition) is 6. The minimum Gasteiger partial charge on any atom is -1.00 e. The van der Waals surface area contributed by atoms with Gasteiger partial charge in [-0.15, -0.1) is 0 Å². The van der Waals surface area contributed by atoms with E-state index >= 15 is 0 Å². The molecule has 0 spiro atoms. The van der Waals surface area contributed by atoms with Crippen LogP contribution in [0.3, 0.4) is 0 Å². The number of nitrogens with zero attached hydrogens (tertiary/aromatic N) is 2. The summed E-state index contributed by atoms with van der Waals surface area (Å²) in [4.78, 5) is 4.05. The van der Waals surface area contributed by atoms with Crippen LogP contribution in [-0.4, -0.2) is 57.2 Å². The fourth-order valence-corrected chi connectivity index (χ4v) is 4.90. The van der Waals surface area contributed by atoms with E-state index in [1.807, 2.05) is 73.9 Å². The van der Waals surface area contributed by atoms with Crippen LogP contribution in [0.1, 0.15) is 40.8 Å². The van der Waals surface area contributed by atoms with E-state index in [2.05, 4.69) is 0 Å². The molecule has 2 aromatic carbocycles. The monoisotopic (exact) mass is 594 g/mol. The minimum absolute atomic E-state index is 0. The molecule has 0 amide bonds. The average molecular weight is 595 g/mol. The Labute approximate surface area is 317 Å². The Morgan fingerprint density at radius 1 is 0.595 bits per heavy atom. The zero-order chi connectivity index (χ0) is 24.8. The number of aryl methyl sites for hydroxylation is 4. The van der Waals surface area contributed by atoms with E-state index in [4.69, 9.17) is 9.11 Å². The Hall–Kier alpha value is 1.86. The molecule has 0 radical (unpaired) electrons. The van der Waals surface area contributed by atoms with Gasteiger partial charge in [0.15, 0.2) is 0 Å². The summed E-state index contributed by atoms with van der Waals surface area (Å²) in [6, 6.07) is 12.1. The van der Waals surface area contributed by atoms with Crippen LogP contribution in [0.5, 0.6) is 0 Å². The summed E-state index contributed by atoms with van der Waals surface area (Å²) in [5.74, 6) is -0.693. The molecule has 0 aliphatic carbocycles. The summed E-state index contributed by atoms with van der Waals surface area (Å²) < 4.78 is 63.4. The molecule has 0 aliphatic heterocycles. The fourth-order valence-electron chi connectivity index (χ4n) is 3.91.